The molecule has 0 atom stereocenters. The first-order valence-corrected chi connectivity index (χ1v) is 7.21. The van der Waals surface area contributed by atoms with Gasteiger partial charge in [0, 0.05) is 12.2 Å². The summed E-state index contributed by atoms with van der Waals surface area (Å²) in [6.45, 7) is 5.51. The van der Waals surface area contributed by atoms with E-state index >= 15 is 0 Å². The van der Waals surface area contributed by atoms with E-state index in [1.807, 2.05) is 18.2 Å². The zero-order valence-corrected chi connectivity index (χ0v) is 11.5. The molecule has 1 saturated carbocycles. The molecule has 0 aliphatic heterocycles. The van der Waals surface area contributed by atoms with Crippen LogP contribution in [0.2, 0.25) is 0 Å². The Morgan fingerprint density at radius 2 is 2.26 bits per heavy atom. The molecule has 4 heteroatoms. The number of anilines is 1. The maximum absolute atomic E-state index is 5.80. The second-order valence-corrected chi connectivity index (χ2v) is 5.64. The molecular formula is C15H22N4. The van der Waals surface area contributed by atoms with Crippen LogP contribution in [0.4, 0.5) is 5.69 Å². The Morgan fingerprint density at radius 1 is 1.42 bits per heavy atom. The SMILES string of the molecule is CCCN(Cc1nc2ccc(N)cc2[nH]1)CC1CC1. The summed E-state index contributed by atoms with van der Waals surface area (Å²) in [6, 6.07) is 5.84. The number of nitrogens with zero attached hydrogens (tertiary/aromatic N) is 2. The Hall–Kier alpha value is -1.55. The number of aromatic amines is 1. The summed E-state index contributed by atoms with van der Waals surface area (Å²) in [5.74, 6) is 1.97. The summed E-state index contributed by atoms with van der Waals surface area (Å²) in [5, 5.41) is 0. The largest absolute Gasteiger partial charge is 0.399 e. The molecule has 3 rings (SSSR count). The van der Waals surface area contributed by atoms with Gasteiger partial charge in [0.1, 0.15) is 5.82 Å². The van der Waals surface area contributed by atoms with Crippen LogP contribution in [0.3, 0.4) is 0 Å². The van der Waals surface area contributed by atoms with Crippen LogP contribution >= 0.6 is 0 Å². The fourth-order valence-electron chi connectivity index (χ4n) is 2.58. The molecule has 1 aromatic heterocycles. The number of rotatable bonds is 6. The highest BCUT2D eigenvalue weighted by Gasteiger charge is 2.24. The molecule has 0 radical (unpaired) electrons. The van der Waals surface area contributed by atoms with Crippen molar-refractivity contribution < 1.29 is 0 Å². The van der Waals surface area contributed by atoms with Crippen molar-refractivity contribution >= 4 is 16.7 Å². The van der Waals surface area contributed by atoms with Gasteiger partial charge in [0.05, 0.1) is 17.6 Å². The number of fused-ring (bicyclic) bond motifs is 1. The van der Waals surface area contributed by atoms with E-state index in [0.717, 1.165) is 41.6 Å². The molecule has 1 aliphatic carbocycles. The van der Waals surface area contributed by atoms with Crippen molar-refractivity contribution in [3.05, 3.63) is 24.0 Å². The molecule has 2 aromatic rings. The van der Waals surface area contributed by atoms with E-state index in [9.17, 15) is 0 Å². The summed E-state index contributed by atoms with van der Waals surface area (Å²) < 4.78 is 0. The third kappa shape index (κ3) is 3.07. The molecule has 19 heavy (non-hydrogen) atoms. The average Bonchev–Trinajstić information content (AvgIpc) is 3.08. The Kier molecular flexibility index (Phi) is 3.42. The van der Waals surface area contributed by atoms with Crippen LogP contribution in [0.25, 0.3) is 11.0 Å². The van der Waals surface area contributed by atoms with Crippen molar-refractivity contribution in [3.8, 4) is 0 Å². The summed E-state index contributed by atoms with van der Waals surface area (Å²) in [5.41, 5.74) is 8.63. The van der Waals surface area contributed by atoms with Crippen molar-refractivity contribution in [2.45, 2.75) is 32.7 Å². The number of nitrogens with one attached hydrogen (secondary N) is 1. The number of nitrogens with two attached hydrogens (primary N) is 1. The van der Waals surface area contributed by atoms with E-state index in [-0.39, 0.29) is 0 Å². The minimum Gasteiger partial charge on any atom is -0.399 e. The third-order valence-electron chi connectivity index (χ3n) is 3.68. The van der Waals surface area contributed by atoms with Gasteiger partial charge < -0.3 is 10.7 Å². The molecule has 0 bridgehead atoms. The summed E-state index contributed by atoms with van der Waals surface area (Å²) in [6.07, 6.45) is 3.99. The lowest BCUT2D eigenvalue weighted by Crippen LogP contribution is -2.26. The van der Waals surface area contributed by atoms with Gasteiger partial charge in [0.15, 0.2) is 0 Å². The average molecular weight is 258 g/mol. The Morgan fingerprint density at radius 3 is 3.00 bits per heavy atom. The van der Waals surface area contributed by atoms with Gasteiger partial charge in [-0.25, -0.2) is 4.98 Å². The highest BCUT2D eigenvalue weighted by Crippen LogP contribution is 2.30. The molecule has 1 aliphatic rings. The van der Waals surface area contributed by atoms with Gasteiger partial charge in [0.2, 0.25) is 0 Å². The van der Waals surface area contributed by atoms with Crippen molar-refractivity contribution in [3.63, 3.8) is 0 Å². The number of H-pyrrole nitrogens is 1. The van der Waals surface area contributed by atoms with Crippen molar-refractivity contribution in [1.82, 2.24) is 14.9 Å². The van der Waals surface area contributed by atoms with Gasteiger partial charge in [-0.2, -0.15) is 0 Å². The molecule has 102 valence electrons. The third-order valence-corrected chi connectivity index (χ3v) is 3.68. The van der Waals surface area contributed by atoms with Crippen LogP contribution in [-0.4, -0.2) is 28.0 Å². The number of benzene rings is 1. The minimum absolute atomic E-state index is 0.783. The van der Waals surface area contributed by atoms with Crippen molar-refractivity contribution in [1.29, 1.82) is 0 Å². The molecular weight excluding hydrogens is 236 g/mol. The molecule has 1 aromatic carbocycles. The lowest BCUT2D eigenvalue weighted by atomic mass is 10.3. The summed E-state index contributed by atoms with van der Waals surface area (Å²) in [4.78, 5) is 10.5. The van der Waals surface area contributed by atoms with Crippen LogP contribution in [-0.2, 0) is 6.54 Å². The van der Waals surface area contributed by atoms with Crippen LogP contribution in [0.1, 0.15) is 32.0 Å². The van der Waals surface area contributed by atoms with Gasteiger partial charge in [-0.3, -0.25) is 4.90 Å². The summed E-state index contributed by atoms with van der Waals surface area (Å²) >= 11 is 0. The summed E-state index contributed by atoms with van der Waals surface area (Å²) in [7, 11) is 0. The van der Waals surface area contributed by atoms with E-state index in [0.29, 0.717) is 0 Å². The standard InChI is InChI=1S/C15H22N4/c1-2-7-19(9-11-3-4-11)10-15-17-13-6-5-12(16)8-14(13)18-15/h5-6,8,11H,2-4,7,9-10,16H2,1H3,(H,17,18). The number of hydrogen-bond donors (Lipinski definition) is 2. The van der Waals surface area contributed by atoms with Gasteiger partial charge in [-0.1, -0.05) is 6.92 Å². The van der Waals surface area contributed by atoms with Crippen LogP contribution in [0.15, 0.2) is 18.2 Å². The Labute approximate surface area is 114 Å². The predicted octanol–water partition coefficient (Wildman–Crippen LogP) is 2.77. The maximum atomic E-state index is 5.80. The van der Waals surface area contributed by atoms with Crippen molar-refractivity contribution in [2.75, 3.05) is 18.8 Å². The monoisotopic (exact) mass is 258 g/mol. The molecule has 0 unspecified atom stereocenters. The number of aromatic nitrogens is 2. The minimum atomic E-state index is 0.783. The lowest BCUT2D eigenvalue weighted by molar-refractivity contribution is 0.250. The van der Waals surface area contributed by atoms with Crippen LogP contribution in [0, 0.1) is 5.92 Å². The van der Waals surface area contributed by atoms with E-state index in [1.54, 1.807) is 0 Å². The van der Waals surface area contributed by atoms with Gasteiger partial charge in [0.25, 0.3) is 0 Å². The number of hydrogen-bond acceptors (Lipinski definition) is 3. The molecule has 0 amide bonds. The normalized spacial score (nSPS) is 15.5. The first kappa shape index (κ1) is 12.5. The maximum Gasteiger partial charge on any atom is 0.121 e. The topological polar surface area (TPSA) is 57.9 Å². The van der Waals surface area contributed by atoms with Gasteiger partial charge >= 0.3 is 0 Å². The van der Waals surface area contributed by atoms with E-state index < -0.39 is 0 Å². The zero-order chi connectivity index (χ0) is 13.2. The highest BCUT2D eigenvalue weighted by atomic mass is 15.2. The fraction of sp³-hybridized carbons (Fsp3) is 0.533. The molecule has 0 saturated heterocycles. The first-order chi connectivity index (χ1) is 9.24. The number of nitrogen functional groups attached to an aromatic ring is 1. The quantitative estimate of drug-likeness (QED) is 0.783. The highest BCUT2D eigenvalue weighted by molar-refractivity contribution is 5.78. The Balaban J connectivity index is 1.74. The molecule has 1 fully saturated rings. The van der Waals surface area contributed by atoms with Gasteiger partial charge in [-0.05, 0) is 49.9 Å². The van der Waals surface area contributed by atoms with E-state index in [2.05, 4.69) is 21.8 Å². The zero-order valence-electron chi connectivity index (χ0n) is 11.5. The van der Waals surface area contributed by atoms with Crippen LogP contribution in [0.5, 0.6) is 0 Å². The van der Waals surface area contributed by atoms with E-state index in [1.165, 1.54) is 25.8 Å². The van der Waals surface area contributed by atoms with Gasteiger partial charge in [-0.15, -0.1) is 0 Å². The second kappa shape index (κ2) is 5.21. The lowest BCUT2D eigenvalue weighted by Gasteiger charge is -2.19. The van der Waals surface area contributed by atoms with Crippen molar-refractivity contribution in [2.24, 2.45) is 5.92 Å². The first-order valence-electron chi connectivity index (χ1n) is 7.21. The fourth-order valence-corrected chi connectivity index (χ4v) is 2.58. The number of imidazole rings is 1. The molecule has 1 heterocycles. The molecule has 4 nitrogen and oxygen atoms in total. The smallest absolute Gasteiger partial charge is 0.121 e. The molecule has 3 N–H and O–H groups in total. The Bertz CT molecular complexity index is 556. The predicted molar refractivity (Wildman–Crippen MR) is 78.8 cm³/mol. The van der Waals surface area contributed by atoms with E-state index in [4.69, 9.17) is 5.73 Å². The molecule has 0 spiro atoms. The van der Waals surface area contributed by atoms with Crippen LogP contribution < -0.4 is 5.73 Å². The second-order valence-electron chi connectivity index (χ2n) is 5.64.